The fraction of sp³-hybridized carbons (Fsp3) is 0.625. The molecule has 0 atom stereocenters. The maximum Gasteiger partial charge on any atom is 0.232 e. The normalized spacial score (nSPS) is 23.9. The van der Waals surface area contributed by atoms with Gasteiger partial charge in [-0.25, -0.2) is 0 Å². The molecule has 152 valence electrons. The van der Waals surface area contributed by atoms with E-state index in [1.807, 2.05) is 13.1 Å². The molecule has 2 heterocycles. The monoisotopic (exact) mass is 381 g/mol. The molecule has 1 saturated carbocycles. The maximum atomic E-state index is 12.6. The first-order valence-corrected chi connectivity index (χ1v) is 11.2. The Balaban J connectivity index is 1.48. The molecule has 0 bridgehead atoms. The highest BCUT2D eigenvalue weighted by atomic mass is 16.2. The van der Waals surface area contributed by atoms with Crippen molar-refractivity contribution >= 4 is 17.3 Å². The van der Waals surface area contributed by atoms with E-state index in [0.29, 0.717) is 12.5 Å². The Kier molecular flexibility index (Phi) is 6.05. The van der Waals surface area contributed by atoms with Crippen LogP contribution in [0.4, 0.5) is 11.4 Å². The molecule has 28 heavy (non-hydrogen) atoms. The molecule has 1 aromatic rings. The average Bonchev–Trinajstić information content (AvgIpc) is 2.77. The Bertz CT molecular complexity index is 700. The highest BCUT2D eigenvalue weighted by molar-refractivity contribution is 6.00. The molecular formula is C24H35N3O. The highest BCUT2D eigenvalue weighted by Gasteiger charge is 2.33. The van der Waals surface area contributed by atoms with Crippen molar-refractivity contribution in [3.8, 4) is 0 Å². The van der Waals surface area contributed by atoms with Crippen molar-refractivity contribution in [1.29, 1.82) is 0 Å². The second kappa shape index (κ2) is 8.69. The van der Waals surface area contributed by atoms with Gasteiger partial charge in [0, 0.05) is 37.9 Å². The van der Waals surface area contributed by atoms with E-state index < -0.39 is 0 Å². The van der Waals surface area contributed by atoms with E-state index in [9.17, 15) is 4.79 Å². The lowest BCUT2D eigenvalue weighted by Crippen LogP contribution is -2.48. The Morgan fingerprint density at radius 1 is 0.857 bits per heavy atom. The third-order valence-electron chi connectivity index (χ3n) is 7.03. The van der Waals surface area contributed by atoms with Gasteiger partial charge in [0.2, 0.25) is 5.91 Å². The second-order valence-corrected chi connectivity index (χ2v) is 8.82. The van der Waals surface area contributed by atoms with Gasteiger partial charge in [-0.2, -0.15) is 0 Å². The van der Waals surface area contributed by atoms with Crippen LogP contribution in [0.5, 0.6) is 0 Å². The number of fused-ring (bicyclic) bond motifs is 1. The first-order valence-electron chi connectivity index (χ1n) is 11.2. The summed E-state index contributed by atoms with van der Waals surface area (Å²) in [5.74, 6) is 0.131. The molecule has 1 saturated heterocycles. The van der Waals surface area contributed by atoms with Crippen molar-refractivity contribution in [2.75, 3.05) is 29.9 Å². The Morgan fingerprint density at radius 3 is 2.14 bits per heavy atom. The SMILES string of the molecule is C=C1CC(=O)N(C)c2ccccc2N1C1CCN(C2CCCCCCC2)CC1. The smallest absolute Gasteiger partial charge is 0.232 e. The summed E-state index contributed by atoms with van der Waals surface area (Å²) < 4.78 is 0. The van der Waals surface area contributed by atoms with E-state index in [2.05, 4.69) is 34.6 Å². The van der Waals surface area contributed by atoms with Gasteiger partial charge in [-0.3, -0.25) is 4.79 Å². The predicted molar refractivity (Wildman–Crippen MR) is 117 cm³/mol. The maximum absolute atomic E-state index is 12.6. The lowest BCUT2D eigenvalue weighted by atomic mass is 9.93. The van der Waals surface area contributed by atoms with Gasteiger partial charge in [0.1, 0.15) is 0 Å². The Labute approximate surface area is 170 Å². The van der Waals surface area contributed by atoms with E-state index in [0.717, 1.165) is 36.0 Å². The number of nitrogens with zero attached hydrogens (tertiary/aromatic N) is 3. The molecule has 4 rings (SSSR count). The summed E-state index contributed by atoms with van der Waals surface area (Å²) >= 11 is 0. The van der Waals surface area contributed by atoms with Crippen molar-refractivity contribution < 1.29 is 4.79 Å². The van der Waals surface area contributed by atoms with Gasteiger partial charge >= 0.3 is 0 Å². The minimum atomic E-state index is 0.131. The van der Waals surface area contributed by atoms with Gasteiger partial charge in [-0.1, -0.05) is 50.8 Å². The molecule has 0 unspecified atom stereocenters. The first kappa shape index (κ1) is 19.5. The van der Waals surface area contributed by atoms with Crippen molar-refractivity contribution in [3.63, 3.8) is 0 Å². The standard InChI is InChI=1S/C24H35N3O/c1-19-18-24(28)25(2)22-12-8-9-13-23(22)27(19)21-14-16-26(17-15-21)20-10-6-4-3-5-7-11-20/h8-9,12-13,20-21H,1,3-7,10-11,14-18H2,2H3. The molecule has 2 aliphatic heterocycles. The summed E-state index contributed by atoms with van der Waals surface area (Å²) in [5, 5.41) is 0. The van der Waals surface area contributed by atoms with Crippen molar-refractivity contribution in [1.82, 2.24) is 4.90 Å². The van der Waals surface area contributed by atoms with Crippen molar-refractivity contribution in [2.24, 2.45) is 0 Å². The van der Waals surface area contributed by atoms with Crippen LogP contribution in [0.25, 0.3) is 0 Å². The number of amides is 1. The van der Waals surface area contributed by atoms with Gasteiger partial charge in [0.05, 0.1) is 17.8 Å². The molecule has 2 fully saturated rings. The number of carbonyl (C=O) groups is 1. The van der Waals surface area contributed by atoms with Crippen LogP contribution in [0.2, 0.25) is 0 Å². The molecule has 1 aliphatic carbocycles. The number of anilines is 2. The number of benzene rings is 1. The summed E-state index contributed by atoms with van der Waals surface area (Å²) in [4.78, 5) is 19.5. The minimum Gasteiger partial charge on any atom is -0.340 e. The lowest BCUT2D eigenvalue weighted by molar-refractivity contribution is -0.117. The van der Waals surface area contributed by atoms with Gasteiger partial charge in [-0.15, -0.1) is 0 Å². The molecule has 1 aromatic carbocycles. The zero-order valence-electron chi connectivity index (χ0n) is 17.4. The highest BCUT2D eigenvalue weighted by Crippen LogP contribution is 2.39. The number of hydrogen-bond acceptors (Lipinski definition) is 3. The molecule has 0 aromatic heterocycles. The van der Waals surface area contributed by atoms with Gasteiger partial charge in [0.25, 0.3) is 0 Å². The molecule has 0 spiro atoms. The van der Waals surface area contributed by atoms with Gasteiger partial charge < -0.3 is 14.7 Å². The molecule has 4 heteroatoms. The summed E-state index contributed by atoms with van der Waals surface area (Å²) in [6.07, 6.45) is 12.5. The van der Waals surface area contributed by atoms with Crippen LogP contribution in [0.15, 0.2) is 36.5 Å². The van der Waals surface area contributed by atoms with Crippen molar-refractivity contribution in [3.05, 3.63) is 36.5 Å². The number of hydrogen-bond donors (Lipinski definition) is 0. The van der Waals surface area contributed by atoms with Crippen LogP contribution in [0, 0.1) is 0 Å². The van der Waals surface area contributed by atoms with E-state index in [4.69, 9.17) is 0 Å². The van der Waals surface area contributed by atoms with Crippen molar-refractivity contribution in [2.45, 2.75) is 76.3 Å². The number of carbonyl (C=O) groups excluding carboxylic acids is 1. The quantitative estimate of drug-likeness (QED) is 0.725. The van der Waals surface area contributed by atoms with Gasteiger partial charge in [0.15, 0.2) is 0 Å². The summed E-state index contributed by atoms with van der Waals surface area (Å²) in [5.41, 5.74) is 3.10. The first-order chi connectivity index (χ1) is 13.6. The molecular weight excluding hydrogens is 346 g/mol. The summed E-state index contributed by atoms with van der Waals surface area (Å²) in [6.45, 7) is 6.65. The second-order valence-electron chi connectivity index (χ2n) is 8.82. The van der Waals surface area contributed by atoms with Gasteiger partial charge in [-0.05, 0) is 37.8 Å². The van der Waals surface area contributed by atoms with E-state index in [1.165, 1.54) is 58.0 Å². The fourth-order valence-electron chi connectivity index (χ4n) is 5.40. The zero-order chi connectivity index (χ0) is 19.5. The summed E-state index contributed by atoms with van der Waals surface area (Å²) in [7, 11) is 1.88. The zero-order valence-corrected chi connectivity index (χ0v) is 17.4. The third kappa shape index (κ3) is 3.98. The van der Waals surface area contributed by atoms with E-state index in [-0.39, 0.29) is 5.91 Å². The number of piperidine rings is 1. The topological polar surface area (TPSA) is 26.8 Å². The van der Waals surface area contributed by atoms with Crippen LogP contribution >= 0.6 is 0 Å². The molecule has 4 nitrogen and oxygen atoms in total. The molecule has 0 N–H and O–H groups in total. The van der Waals surface area contributed by atoms with Crippen LogP contribution in [0.1, 0.15) is 64.2 Å². The van der Waals surface area contributed by atoms with Crippen LogP contribution in [-0.2, 0) is 4.79 Å². The summed E-state index contributed by atoms with van der Waals surface area (Å²) in [6, 6.07) is 9.53. The largest absolute Gasteiger partial charge is 0.340 e. The minimum absolute atomic E-state index is 0.131. The average molecular weight is 382 g/mol. The number of rotatable bonds is 2. The van der Waals surface area contributed by atoms with Crippen LogP contribution in [0.3, 0.4) is 0 Å². The number of para-hydroxylation sites is 2. The third-order valence-corrected chi connectivity index (χ3v) is 7.03. The van der Waals surface area contributed by atoms with Crippen LogP contribution in [-0.4, -0.2) is 43.0 Å². The predicted octanol–water partition coefficient (Wildman–Crippen LogP) is 4.95. The van der Waals surface area contributed by atoms with Crippen LogP contribution < -0.4 is 9.80 Å². The Hall–Kier alpha value is -1.81. The molecule has 1 amide bonds. The number of likely N-dealkylation sites (tertiary alicyclic amines) is 1. The van der Waals surface area contributed by atoms with E-state index in [1.54, 1.807) is 4.90 Å². The molecule has 0 radical (unpaired) electrons. The van der Waals surface area contributed by atoms with E-state index >= 15 is 0 Å². The fourth-order valence-corrected chi connectivity index (χ4v) is 5.40. The Morgan fingerprint density at radius 2 is 1.46 bits per heavy atom. The molecule has 3 aliphatic rings. The lowest BCUT2D eigenvalue weighted by Gasteiger charge is -2.43.